The standard InChI is InChI=1S/C26H27FN4O3S/c1-15(2)28-14-16-9-11-17(12-10-16)23(32)29-22-18-13-21(35-24(18)31-30-22)25(33)34-26(3,4)19-7-5-6-8-20(19)27/h5-13,15,28H,14H2,1-4H3,(H2,29,30,31,32). The molecule has 0 radical (unpaired) electrons. The van der Waals surface area contributed by atoms with Gasteiger partial charge in [0.05, 0.1) is 5.39 Å². The number of amides is 1. The Morgan fingerprint density at radius 2 is 1.86 bits per heavy atom. The molecule has 4 aromatic rings. The van der Waals surface area contributed by atoms with Crippen molar-refractivity contribution in [3.8, 4) is 0 Å². The van der Waals surface area contributed by atoms with Crippen LogP contribution in [0.25, 0.3) is 10.2 Å². The minimum absolute atomic E-state index is 0.286. The van der Waals surface area contributed by atoms with Crippen LogP contribution in [0.4, 0.5) is 10.2 Å². The van der Waals surface area contributed by atoms with Crippen molar-refractivity contribution in [2.24, 2.45) is 0 Å². The minimum Gasteiger partial charge on any atom is -0.450 e. The Bertz CT molecular complexity index is 1360. The maximum absolute atomic E-state index is 14.2. The number of hydrogen-bond donors (Lipinski definition) is 3. The fraction of sp³-hybridized carbons (Fsp3) is 0.269. The number of benzene rings is 2. The number of aromatic amines is 1. The number of H-pyrrole nitrogens is 1. The van der Waals surface area contributed by atoms with Gasteiger partial charge in [-0.1, -0.05) is 44.2 Å². The number of carbonyl (C=O) groups is 2. The first-order valence-corrected chi connectivity index (χ1v) is 12.1. The third-order valence-electron chi connectivity index (χ3n) is 5.49. The van der Waals surface area contributed by atoms with Crippen molar-refractivity contribution in [2.45, 2.75) is 45.9 Å². The van der Waals surface area contributed by atoms with Gasteiger partial charge in [-0.3, -0.25) is 9.89 Å². The molecule has 4 rings (SSSR count). The summed E-state index contributed by atoms with van der Waals surface area (Å²) in [5.74, 6) is -0.945. The average molecular weight is 495 g/mol. The third kappa shape index (κ3) is 5.58. The highest BCUT2D eigenvalue weighted by atomic mass is 32.1. The Morgan fingerprint density at radius 1 is 1.14 bits per heavy atom. The van der Waals surface area contributed by atoms with Crippen LogP contribution < -0.4 is 10.6 Å². The molecule has 182 valence electrons. The highest BCUT2D eigenvalue weighted by molar-refractivity contribution is 7.20. The molecule has 0 saturated heterocycles. The van der Waals surface area contributed by atoms with Crippen molar-refractivity contribution in [3.63, 3.8) is 0 Å². The molecule has 9 heteroatoms. The van der Waals surface area contributed by atoms with Crippen LogP contribution in [0, 0.1) is 5.82 Å². The number of carbonyl (C=O) groups excluding carboxylic acids is 2. The van der Waals surface area contributed by atoms with Crippen molar-refractivity contribution in [3.05, 3.63) is 82.0 Å². The van der Waals surface area contributed by atoms with Crippen LogP contribution in [-0.2, 0) is 16.9 Å². The van der Waals surface area contributed by atoms with E-state index in [0.717, 1.165) is 23.4 Å². The highest BCUT2D eigenvalue weighted by Gasteiger charge is 2.30. The fourth-order valence-electron chi connectivity index (χ4n) is 3.57. The Hall–Kier alpha value is -3.56. The van der Waals surface area contributed by atoms with Gasteiger partial charge in [0.15, 0.2) is 0 Å². The summed E-state index contributed by atoms with van der Waals surface area (Å²) >= 11 is 1.13. The number of ether oxygens (including phenoxy) is 1. The van der Waals surface area contributed by atoms with Crippen molar-refractivity contribution in [1.82, 2.24) is 15.5 Å². The zero-order valence-electron chi connectivity index (χ0n) is 19.9. The monoisotopic (exact) mass is 494 g/mol. The lowest BCUT2D eigenvalue weighted by molar-refractivity contribution is -0.00396. The molecule has 0 saturated carbocycles. The Labute approximate surface area is 206 Å². The second-order valence-corrected chi connectivity index (χ2v) is 10.0. The van der Waals surface area contributed by atoms with Gasteiger partial charge in [-0.15, -0.1) is 11.3 Å². The van der Waals surface area contributed by atoms with E-state index >= 15 is 0 Å². The molecule has 0 unspecified atom stereocenters. The molecule has 1 amide bonds. The van der Waals surface area contributed by atoms with Gasteiger partial charge in [0.25, 0.3) is 5.91 Å². The van der Waals surface area contributed by atoms with Crippen LogP contribution >= 0.6 is 11.3 Å². The molecule has 2 heterocycles. The highest BCUT2D eigenvalue weighted by Crippen LogP contribution is 2.33. The third-order valence-corrected chi connectivity index (χ3v) is 6.50. The summed E-state index contributed by atoms with van der Waals surface area (Å²) < 4.78 is 19.8. The first-order chi connectivity index (χ1) is 16.6. The number of thiophene rings is 1. The largest absolute Gasteiger partial charge is 0.450 e. The lowest BCUT2D eigenvalue weighted by Crippen LogP contribution is -2.26. The minimum atomic E-state index is -1.16. The van der Waals surface area contributed by atoms with Crippen molar-refractivity contribution in [2.75, 3.05) is 5.32 Å². The molecule has 0 fully saturated rings. The predicted octanol–water partition coefficient (Wildman–Crippen LogP) is 5.61. The second-order valence-electron chi connectivity index (χ2n) is 8.99. The maximum Gasteiger partial charge on any atom is 0.349 e. The lowest BCUT2D eigenvalue weighted by Gasteiger charge is -2.25. The van der Waals surface area contributed by atoms with Crippen molar-refractivity contribution < 1.29 is 18.7 Å². The van der Waals surface area contributed by atoms with Gasteiger partial charge >= 0.3 is 5.97 Å². The number of nitrogens with one attached hydrogen (secondary N) is 3. The predicted molar refractivity (Wildman–Crippen MR) is 135 cm³/mol. The number of nitrogens with zero attached hydrogens (tertiary/aromatic N) is 1. The molecule has 7 nitrogen and oxygen atoms in total. The number of rotatable bonds is 8. The van der Waals surface area contributed by atoms with Crippen LogP contribution in [0.3, 0.4) is 0 Å². The summed E-state index contributed by atoms with van der Waals surface area (Å²) in [6, 6.07) is 15.5. The molecule has 0 spiro atoms. The van der Waals surface area contributed by atoms with Crippen LogP contribution in [-0.4, -0.2) is 28.1 Å². The van der Waals surface area contributed by atoms with Gasteiger partial charge in [-0.25, -0.2) is 9.18 Å². The molecule has 0 aliphatic heterocycles. The lowest BCUT2D eigenvalue weighted by atomic mass is 9.97. The Morgan fingerprint density at radius 3 is 2.54 bits per heavy atom. The van der Waals surface area contributed by atoms with E-state index in [-0.39, 0.29) is 11.5 Å². The summed E-state index contributed by atoms with van der Waals surface area (Å²) in [5, 5.41) is 13.7. The zero-order chi connectivity index (χ0) is 25.2. The second kappa shape index (κ2) is 9.97. The number of esters is 1. The number of hydrogen-bond acceptors (Lipinski definition) is 6. The van der Waals surface area contributed by atoms with Crippen molar-refractivity contribution in [1.29, 1.82) is 0 Å². The average Bonchev–Trinajstić information content (AvgIpc) is 3.40. The maximum atomic E-state index is 14.2. The quantitative estimate of drug-likeness (QED) is 0.277. The van der Waals surface area contributed by atoms with Gasteiger partial charge in [0.1, 0.15) is 26.9 Å². The summed E-state index contributed by atoms with van der Waals surface area (Å²) in [7, 11) is 0. The van der Waals surface area contributed by atoms with Gasteiger partial charge in [0, 0.05) is 23.7 Å². The van der Waals surface area contributed by atoms with Crippen LogP contribution in [0.1, 0.15) is 58.9 Å². The topological polar surface area (TPSA) is 96.1 Å². The molecule has 0 aliphatic carbocycles. The molecule has 2 aromatic heterocycles. The SMILES string of the molecule is CC(C)NCc1ccc(C(=O)Nc2[nH]nc3sc(C(=O)OC(C)(C)c4ccccc4F)cc23)cc1. The first kappa shape index (κ1) is 24.6. The molecule has 0 aliphatic rings. The molecule has 0 bridgehead atoms. The fourth-order valence-corrected chi connectivity index (χ4v) is 4.45. The number of anilines is 1. The van der Waals surface area contributed by atoms with E-state index in [4.69, 9.17) is 4.74 Å². The number of aromatic nitrogens is 2. The summed E-state index contributed by atoms with van der Waals surface area (Å²) in [4.78, 5) is 26.4. The molecule has 3 N–H and O–H groups in total. The Balaban J connectivity index is 1.46. The number of fused-ring (bicyclic) bond motifs is 1. The van der Waals surface area contributed by atoms with Gasteiger partial charge in [-0.2, -0.15) is 5.10 Å². The first-order valence-electron chi connectivity index (χ1n) is 11.2. The summed E-state index contributed by atoms with van der Waals surface area (Å²) in [5.41, 5.74) is 0.708. The molecule has 35 heavy (non-hydrogen) atoms. The van der Waals surface area contributed by atoms with Gasteiger partial charge in [0.2, 0.25) is 0 Å². The smallest absolute Gasteiger partial charge is 0.349 e. The van der Waals surface area contributed by atoms with Crippen LogP contribution in [0.2, 0.25) is 0 Å². The van der Waals surface area contributed by atoms with Gasteiger partial charge in [-0.05, 0) is 43.7 Å². The van der Waals surface area contributed by atoms with E-state index in [1.807, 2.05) is 12.1 Å². The zero-order valence-corrected chi connectivity index (χ0v) is 20.8. The van der Waals surface area contributed by atoms with E-state index in [1.54, 1.807) is 50.2 Å². The van der Waals surface area contributed by atoms with E-state index < -0.39 is 17.4 Å². The summed E-state index contributed by atoms with van der Waals surface area (Å²) in [6.45, 7) is 8.15. The van der Waals surface area contributed by atoms with Gasteiger partial charge < -0.3 is 15.4 Å². The van der Waals surface area contributed by atoms with E-state index in [9.17, 15) is 14.0 Å². The molecule has 2 aromatic carbocycles. The molecule has 0 atom stereocenters. The Kier molecular flexibility index (Phi) is 7.00. The van der Waals surface area contributed by atoms with Crippen molar-refractivity contribution >= 4 is 39.2 Å². The number of halogens is 1. The summed E-state index contributed by atoms with van der Waals surface area (Å²) in [6.07, 6.45) is 0. The van der Waals surface area contributed by atoms with E-state index in [1.165, 1.54) is 6.07 Å². The van der Waals surface area contributed by atoms with E-state index in [2.05, 4.69) is 34.7 Å². The van der Waals surface area contributed by atoms with E-state index in [0.29, 0.717) is 32.5 Å². The molecular weight excluding hydrogens is 467 g/mol. The normalized spacial score (nSPS) is 11.7. The van der Waals surface area contributed by atoms with Crippen LogP contribution in [0.15, 0.2) is 54.6 Å². The van der Waals surface area contributed by atoms with Crippen LogP contribution in [0.5, 0.6) is 0 Å². The molecular formula is C26H27FN4O3S.